The quantitative estimate of drug-likeness (QED) is 0.734. The van der Waals surface area contributed by atoms with Crippen molar-refractivity contribution in [2.75, 3.05) is 19.8 Å². The average Bonchev–Trinajstić information content (AvgIpc) is 2.42. The number of nitrogens with two attached hydrogens (primary N) is 1. The van der Waals surface area contributed by atoms with E-state index in [1.165, 1.54) is 0 Å². The minimum atomic E-state index is -0.132. The van der Waals surface area contributed by atoms with Gasteiger partial charge in [0.25, 0.3) is 0 Å². The molecular formula is C15H23NO3. The molecule has 106 valence electrons. The first-order valence-electron chi connectivity index (χ1n) is 6.81. The molecular weight excluding hydrogens is 242 g/mol. The number of hydrogen-bond donors (Lipinski definition) is 1. The summed E-state index contributed by atoms with van der Waals surface area (Å²) in [6.07, 6.45) is 0.743. The van der Waals surface area contributed by atoms with Crippen LogP contribution >= 0.6 is 0 Å². The normalized spacial score (nSPS) is 12.0. The summed E-state index contributed by atoms with van der Waals surface area (Å²) in [5, 5.41) is 0. The molecule has 0 aliphatic carbocycles. The van der Waals surface area contributed by atoms with Crippen molar-refractivity contribution in [3.05, 3.63) is 23.8 Å². The molecule has 4 nitrogen and oxygen atoms in total. The minimum Gasteiger partial charge on any atom is -0.490 e. The molecule has 0 amide bonds. The van der Waals surface area contributed by atoms with Gasteiger partial charge in [0.05, 0.1) is 13.2 Å². The number of carbonyl (C=O) groups is 1. The van der Waals surface area contributed by atoms with E-state index < -0.39 is 0 Å². The van der Waals surface area contributed by atoms with Gasteiger partial charge in [0, 0.05) is 18.0 Å². The van der Waals surface area contributed by atoms with Crippen LogP contribution in [0.25, 0.3) is 0 Å². The Hall–Kier alpha value is -1.55. The first-order valence-corrected chi connectivity index (χ1v) is 6.81. The summed E-state index contributed by atoms with van der Waals surface area (Å²) in [6.45, 7) is 7.24. The van der Waals surface area contributed by atoms with Crippen molar-refractivity contribution in [2.45, 2.75) is 27.2 Å². The highest BCUT2D eigenvalue weighted by molar-refractivity contribution is 5.98. The maximum Gasteiger partial charge on any atom is 0.167 e. The third-order valence-electron chi connectivity index (χ3n) is 2.98. The summed E-state index contributed by atoms with van der Waals surface area (Å²) in [7, 11) is 0. The van der Waals surface area contributed by atoms with Gasteiger partial charge in [-0.25, -0.2) is 0 Å². The smallest absolute Gasteiger partial charge is 0.167 e. The van der Waals surface area contributed by atoms with E-state index in [0.29, 0.717) is 36.8 Å². The molecule has 0 saturated carbocycles. The van der Waals surface area contributed by atoms with Gasteiger partial charge in [-0.15, -0.1) is 0 Å². The van der Waals surface area contributed by atoms with Gasteiger partial charge in [0.15, 0.2) is 17.3 Å². The van der Waals surface area contributed by atoms with E-state index in [1.54, 1.807) is 18.2 Å². The van der Waals surface area contributed by atoms with Crippen molar-refractivity contribution in [1.82, 2.24) is 0 Å². The Bertz CT molecular complexity index is 414. The molecule has 1 aromatic rings. The van der Waals surface area contributed by atoms with Crippen LogP contribution in [0.4, 0.5) is 0 Å². The van der Waals surface area contributed by atoms with E-state index in [2.05, 4.69) is 0 Å². The predicted octanol–water partition coefficient (Wildman–Crippen LogP) is 2.65. The third kappa shape index (κ3) is 3.96. The van der Waals surface area contributed by atoms with Gasteiger partial charge >= 0.3 is 0 Å². The Kier molecular flexibility index (Phi) is 6.36. The maximum absolute atomic E-state index is 12.3. The Morgan fingerprint density at radius 1 is 1.16 bits per heavy atom. The average molecular weight is 265 g/mol. The van der Waals surface area contributed by atoms with E-state index in [0.717, 1.165) is 6.42 Å². The molecule has 0 fully saturated rings. The summed E-state index contributed by atoms with van der Waals surface area (Å²) < 4.78 is 11.0. The van der Waals surface area contributed by atoms with Crippen LogP contribution in [-0.2, 0) is 0 Å². The second-order valence-electron chi connectivity index (χ2n) is 4.23. The van der Waals surface area contributed by atoms with E-state index in [1.807, 2.05) is 20.8 Å². The summed E-state index contributed by atoms with van der Waals surface area (Å²) >= 11 is 0. The fourth-order valence-corrected chi connectivity index (χ4v) is 1.90. The molecule has 0 saturated heterocycles. The molecule has 19 heavy (non-hydrogen) atoms. The molecule has 0 heterocycles. The standard InChI is InChI=1S/C15H23NO3/c1-4-11(10-16)15(17)12-7-8-13(18-5-2)14(9-12)19-6-3/h7-9,11H,4-6,10,16H2,1-3H3. The maximum atomic E-state index is 12.3. The lowest BCUT2D eigenvalue weighted by Gasteiger charge is -2.14. The molecule has 0 radical (unpaired) electrons. The number of ether oxygens (including phenoxy) is 2. The van der Waals surface area contributed by atoms with Gasteiger partial charge in [-0.3, -0.25) is 4.79 Å². The summed E-state index contributed by atoms with van der Waals surface area (Å²) in [5.41, 5.74) is 6.25. The van der Waals surface area contributed by atoms with Crippen LogP contribution < -0.4 is 15.2 Å². The lowest BCUT2D eigenvalue weighted by molar-refractivity contribution is 0.0921. The largest absolute Gasteiger partial charge is 0.490 e. The second-order valence-corrected chi connectivity index (χ2v) is 4.23. The molecule has 0 bridgehead atoms. The molecule has 1 atom stereocenters. The molecule has 2 N–H and O–H groups in total. The van der Waals surface area contributed by atoms with Crippen molar-refractivity contribution in [2.24, 2.45) is 11.7 Å². The fourth-order valence-electron chi connectivity index (χ4n) is 1.90. The molecule has 1 unspecified atom stereocenters. The SMILES string of the molecule is CCOc1ccc(C(=O)C(CC)CN)cc1OCC. The number of rotatable bonds is 8. The van der Waals surface area contributed by atoms with Gasteiger partial charge in [-0.1, -0.05) is 6.92 Å². The molecule has 0 aliphatic rings. The topological polar surface area (TPSA) is 61.5 Å². The molecule has 4 heteroatoms. The third-order valence-corrected chi connectivity index (χ3v) is 2.98. The number of benzene rings is 1. The highest BCUT2D eigenvalue weighted by Crippen LogP contribution is 2.29. The van der Waals surface area contributed by atoms with Crippen LogP contribution in [-0.4, -0.2) is 25.5 Å². The van der Waals surface area contributed by atoms with Gasteiger partial charge < -0.3 is 15.2 Å². The van der Waals surface area contributed by atoms with E-state index in [9.17, 15) is 4.79 Å². The van der Waals surface area contributed by atoms with Crippen molar-refractivity contribution in [3.63, 3.8) is 0 Å². The van der Waals surface area contributed by atoms with Crippen LogP contribution in [0.3, 0.4) is 0 Å². The number of carbonyl (C=O) groups excluding carboxylic acids is 1. The predicted molar refractivity (Wildman–Crippen MR) is 75.9 cm³/mol. The van der Waals surface area contributed by atoms with Crippen LogP contribution in [0.5, 0.6) is 11.5 Å². The zero-order valence-electron chi connectivity index (χ0n) is 11.9. The lowest BCUT2D eigenvalue weighted by atomic mass is 9.95. The molecule has 0 spiro atoms. The van der Waals surface area contributed by atoms with Gasteiger partial charge in [0.1, 0.15) is 0 Å². The summed E-state index contributed by atoms with van der Waals surface area (Å²) in [5.74, 6) is 1.21. The van der Waals surface area contributed by atoms with Gasteiger partial charge in [-0.2, -0.15) is 0 Å². The monoisotopic (exact) mass is 265 g/mol. The zero-order chi connectivity index (χ0) is 14.3. The zero-order valence-corrected chi connectivity index (χ0v) is 11.9. The van der Waals surface area contributed by atoms with E-state index >= 15 is 0 Å². The fraction of sp³-hybridized carbons (Fsp3) is 0.533. The van der Waals surface area contributed by atoms with Crippen LogP contribution in [0.1, 0.15) is 37.6 Å². The first kappa shape index (κ1) is 15.5. The highest BCUT2D eigenvalue weighted by atomic mass is 16.5. The Morgan fingerprint density at radius 3 is 2.32 bits per heavy atom. The van der Waals surface area contributed by atoms with Crippen molar-refractivity contribution < 1.29 is 14.3 Å². The highest BCUT2D eigenvalue weighted by Gasteiger charge is 2.18. The summed E-state index contributed by atoms with van der Waals surface area (Å²) in [6, 6.07) is 5.30. The Labute approximate surface area is 114 Å². The van der Waals surface area contributed by atoms with E-state index in [4.69, 9.17) is 15.2 Å². The van der Waals surface area contributed by atoms with Crippen LogP contribution in [0.15, 0.2) is 18.2 Å². The van der Waals surface area contributed by atoms with Crippen LogP contribution in [0.2, 0.25) is 0 Å². The number of Topliss-reactive ketones (excluding diaryl/α,β-unsaturated/α-hetero) is 1. The lowest BCUT2D eigenvalue weighted by Crippen LogP contribution is -2.23. The number of ketones is 1. The first-order chi connectivity index (χ1) is 9.17. The van der Waals surface area contributed by atoms with Gasteiger partial charge in [0.2, 0.25) is 0 Å². The van der Waals surface area contributed by atoms with E-state index in [-0.39, 0.29) is 11.7 Å². The van der Waals surface area contributed by atoms with Crippen molar-refractivity contribution >= 4 is 5.78 Å². The summed E-state index contributed by atoms with van der Waals surface area (Å²) in [4.78, 5) is 12.3. The van der Waals surface area contributed by atoms with Crippen molar-refractivity contribution in [1.29, 1.82) is 0 Å². The van der Waals surface area contributed by atoms with Crippen LogP contribution in [0, 0.1) is 5.92 Å². The molecule has 0 aromatic heterocycles. The second kappa shape index (κ2) is 7.79. The number of hydrogen-bond acceptors (Lipinski definition) is 4. The molecule has 0 aliphatic heterocycles. The van der Waals surface area contributed by atoms with Gasteiger partial charge in [-0.05, 0) is 38.5 Å². The molecule has 1 rings (SSSR count). The Balaban J connectivity index is 3.03. The Morgan fingerprint density at radius 2 is 1.79 bits per heavy atom. The minimum absolute atomic E-state index is 0.0639. The molecule has 1 aromatic carbocycles. The van der Waals surface area contributed by atoms with Crippen molar-refractivity contribution in [3.8, 4) is 11.5 Å².